The number of hydrogen-bond donors (Lipinski definition) is 1. The molecule has 1 atom stereocenters. The van der Waals surface area contributed by atoms with Crippen LogP contribution in [0.1, 0.15) is 26.2 Å². The monoisotopic (exact) mass is 261 g/mol. The van der Waals surface area contributed by atoms with Gasteiger partial charge in [-0.25, -0.2) is 0 Å². The van der Waals surface area contributed by atoms with Crippen LogP contribution < -0.4 is 0 Å². The van der Waals surface area contributed by atoms with Gasteiger partial charge < -0.3 is 5.11 Å². The van der Waals surface area contributed by atoms with E-state index in [2.05, 4.69) is 0 Å². The fourth-order valence-electron chi connectivity index (χ4n) is 1.51. The predicted molar refractivity (Wildman–Crippen MR) is 67.4 cm³/mol. The summed E-state index contributed by atoms with van der Waals surface area (Å²) in [5.41, 5.74) is 0. The van der Waals surface area contributed by atoms with Gasteiger partial charge in [-0.1, -0.05) is 37.3 Å². The molecule has 1 aliphatic rings. The number of hydrogen-bond acceptors (Lipinski definition) is 4. The number of unbranched alkanes of at least 4 members (excludes halogenated alkanes) is 1. The van der Waals surface area contributed by atoms with Gasteiger partial charge in [-0.3, -0.25) is 14.5 Å². The molecule has 1 aliphatic heterocycles. The Kier molecular flexibility index (Phi) is 5.21. The van der Waals surface area contributed by atoms with Crippen molar-refractivity contribution < 1.29 is 14.7 Å². The highest BCUT2D eigenvalue weighted by atomic mass is 32.2. The second-order valence-electron chi connectivity index (χ2n) is 3.72. The zero-order valence-corrected chi connectivity index (χ0v) is 10.8. The van der Waals surface area contributed by atoms with Crippen LogP contribution in [0.4, 0.5) is 0 Å². The highest BCUT2D eigenvalue weighted by molar-refractivity contribution is 8.23. The third kappa shape index (κ3) is 3.45. The van der Waals surface area contributed by atoms with E-state index in [0.717, 1.165) is 12.8 Å². The molecule has 4 nitrogen and oxygen atoms in total. The molecule has 0 bridgehead atoms. The molecule has 0 saturated carbocycles. The van der Waals surface area contributed by atoms with Gasteiger partial charge in [-0.2, -0.15) is 0 Å². The number of thioether (sulfide) groups is 1. The third-order valence-corrected chi connectivity index (χ3v) is 4.01. The maximum Gasteiger partial charge on any atom is 0.304 e. The summed E-state index contributed by atoms with van der Waals surface area (Å²) in [5, 5.41) is 8.70. The summed E-state index contributed by atoms with van der Waals surface area (Å²) in [6.07, 6.45) is 1.78. The summed E-state index contributed by atoms with van der Waals surface area (Å²) >= 11 is 6.51. The van der Waals surface area contributed by atoms with E-state index in [1.54, 1.807) is 4.90 Å². The summed E-state index contributed by atoms with van der Waals surface area (Å²) in [7, 11) is 0. The topological polar surface area (TPSA) is 57.6 Å². The lowest BCUT2D eigenvalue weighted by molar-refractivity contribution is -0.142. The number of carbonyl (C=O) groups is 2. The zero-order chi connectivity index (χ0) is 12.1. The molecular weight excluding hydrogens is 246 g/mol. The van der Waals surface area contributed by atoms with Crippen molar-refractivity contribution in [1.29, 1.82) is 0 Å². The number of carboxylic acids is 1. The fraction of sp³-hybridized carbons (Fsp3) is 0.700. The summed E-state index contributed by atoms with van der Waals surface area (Å²) in [6, 6.07) is 0. The summed E-state index contributed by atoms with van der Waals surface area (Å²) in [4.78, 5) is 24.1. The Labute approximate surface area is 104 Å². The van der Waals surface area contributed by atoms with Gasteiger partial charge in [0.2, 0.25) is 5.91 Å². The van der Waals surface area contributed by atoms with Crippen molar-refractivity contribution in [3.05, 3.63) is 0 Å². The molecule has 0 aromatic carbocycles. The Morgan fingerprint density at radius 2 is 2.38 bits per heavy atom. The van der Waals surface area contributed by atoms with Gasteiger partial charge in [0.1, 0.15) is 4.32 Å². The van der Waals surface area contributed by atoms with Gasteiger partial charge in [0.05, 0.1) is 12.3 Å². The van der Waals surface area contributed by atoms with E-state index < -0.39 is 11.9 Å². The van der Waals surface area contributed by atoms with Crippen molar-refractivity contribution in [2.45, 2.75) is 26.2 Å². The minimum absolute atomic E-state index is 0.100. The molecule has 1 saturated heterocycles. The maximum absolute atomic E-state index is 11.9. The van der Waals surface area contributed by atoms with Crippen molar-refractivity contribution in [3.63, 3.8) is 0 Å². The molecule has 1 unspecified atom stereocenters. The van der Waals surface area contributed by atoms with Crippen LogP contribution in [0.25, 0.3) is 0 Å². The molecule has 1 heterocycles. The van der Waals surface area contributed by atoms with Crippen molar-refractivity contribution >= 4 is 40.2 Å². The Hall–Kier alpha value is -0.620. The highest BCUT2D eigenvalue weighted by Crippen LogP contribution is 2.26. The van der Waals surface area contributed by atoms with Gasteiger partial charge in [0.15, 0.2) is 0 Å². The molecule has 1 fully saturated rings. The lowest BCUT2D eigenvalue weighted by Crippen LogP contribution is -2.44. The second-order valence-corrected chi connectivity index (χ2v) is 5.37. The van der Waals surface area contributed by atoms with E-state index in [4.69, 9.17) is 17.3 Å². The molecule has 1 N–H and O–H groups in total. The normalized spacial score (nSPS) is 21.3. The van der Waals surface area contributed by atoms with E-state index in [1.165, 1.54) is 11.8 Å². The van der Waals surface area contributed by atoms with Gasteiger partial charge >= 0.3 is 5.97 Å². The number of thiocarbonyl (C=S) groups is 1. The molecule has 0 aromatic heterocycles. The Balaban J connectivity index is 2.63. The van der Waals surface area contributed by atoms with Crippen LogP contribution in [-0.4, -0.2) is 38.5 Å². The quantitative estimate of drug-likeness (QED) is 0.764. The molecule has 16 heavy (non-hydrogen) atoms. The molecule has 1 amide bonds. The number of carbonyl (C=O) groups excluding carboxylic acids is 1. The van der Waals surface area contributed by atoms with Crippen molar-refractivity contribution in [2.75, 3.05) is 12.3 Å². The first-order valence-electron chi connectivity index (χ1n) is 5.26. The van der Waals surface area contributed by atoms with Crippen molar-refractivity contribution in [2.24, 2.45) is 5.92 Å². The minimum Gasteiger partial charge on any atom is -0.481 e. The lowest BCUT2D eigenvalue weighted by Gasteiger charge is -2.31. The Bertz CT molecular complexity index is 306. The first kappa shape index (κ1) is 13.4. The van der Waals surface area contributed by atoms with E-state index >= 15 is 0 Å². The SMILES string of the molecule is CCCCN1C(=O)C(CC(=O)O)CSC1=S. The highest BCUT2D eigenvalue weighted by Gasteiger charge is 2.33. The lowest BCUT2D eigenvalue weighted by atomic mass is 10.1. The molecule has 0 aromatic rings. The van der Waals surface area contributed by atoms with Crippen LogP contribution in [0.5, 0.6) is 0 Å². The maximum atomic E-state index is 11.9. The zero-order valence-electron chi connectivity index (χ0n) is 9.14. The molecule has 6 heteroatoms. The fourth-order valence-corrected chi connectivity index (χ4v) is 2.83. The van der Waals surface area contributed by atoms with Crippen LogP contribution in [0, 0.1) is 5.92 Å². The Morgan fingerprint density at radius 1 is 1.69 bits per heavy atom. The number of rotatable bonds is 5. The summed E-state index contributed by atoms with van der Waals surface area (Å²) < 4.78 is 0.583. The van der Waals surface area contributed by atoms with Gasteiger partial charge in [-0.15, -0.1) is 0 Å². The molecule has 0 aliphatic carbocycles. The second kappa shape index (κ2) is 6.20. The first-order valence-corrected chi connectivity index (χ1v) is 6.65. The number of amides is 1. The molecular formula is C10H15NO3S2. The van der Waals surface area contributed by atoms with Crippen molar-refractivity contribution in [1.82, 2.24) is 4.90 Å². The standard InChI is InChI=1S/C10H15NO3S2/c1-2-3-4-11-9(14)7(5-8(12)13)6-16-10(11)15/h7H,2-6H2,1H3,(H,12,13). The van der Waals surface area contributed by atoms with Gasteiger partial charge in [-0.05, 0) is 6.42 Å². The van der Waals surface area contributed by atoms with Crippen molar-refractivity contribution in [3.8, 4) is 0 Å². The summed E-state index contributed by atoms with van der Waals surface area (Å²) in [6.45, 7) is 2.65. The van der Waals surface area contributed by atoms with Crippen LogP contribution >= 0.6 is 24.0 Å². The number of carboxylic acid groups (broad SMARTS) is 1. The average molecular weight is 261 g/mol. The van der Waals surface area contributed by atoms with Crippen LogP contribution in [0.2, 0.25) is 0 Å². The molecule has 90 valence electrons. The van der Waals surface area contributed by atoms with Crippen LogP contribution in [0.3, 0.4) is 0 Å². The minimum atomic E-state index is -0.929. The van der Waals surface area contributed by atoms with Gasteiger partial charge in [0, 0.05) is 12.3 Å². The number of aliphatic carboxylic acids is 1. The van der Waals surface area contributed by atoms with E-state index in [0.29, 0.717) is 16.6 Å². The predicted octanol–water partition coefficient (Wildman–Crippen LogP) is 1.74. The van der Waals surface area contributed by atoms with Crippen LogP contribution in [0.15, 0.2) is 0 Å². The Morgan fingerprint density at radius 3 is 2.94 bits per heavy atom. The number of nitrogens with zero attached hydrogens (tertiary/aromatic N) is 1. The average Bonchev–Trinajstić information content (AvgIpc) is 2.22. The smallest absolute Gasteiger partial charge is 0.304 e. The van der Waals surface area contributed by atoms with Crippen LogP contribution in [-0.2, 0) is 9.59 Å². The molecule has 1 rings (SSSR count). The van der Waals surface area contributed by atoms with E-state index in [-0.39, 0.29) is 12.3 Å². The first-order chi connectivity index (χ1) is 7.56. The van der Waals surface area contributed by atoms with E-state index in [9.17, 15) is 9.59 Å². The van der Waals surface area contributed by atoms with E-state index in [1.807, 2.05) is 6.92 Å². The molecule has 0 radical (unpaired) electrons. The molecule has 0 spiro atoms. The summed E-state index contributed by atoms with van der Waals surface area (Å²) in [5.74, 6) is -0.986. The third-order valence-electron chi connectivity index (χ3n) is 2.40. The van der Waals surface area contributed by atoms with Gasteiger partial charge in [0.25, 0.3) is 0 Å². The largest absolute Gasteiger partial charge is 0.481 e.